The molecule has 0 amide bonds. The summed E-state index contributed by atoms with van der Waals surface area (Å²) in [5.74, 6) is -5.89. The highest BCUT2D eigenvalue weighted by Gasteiger charge is 2.55. The highest BCUT2D eigenvalue weighted by Crippen LogP contribution is 2.39. The number of hydrogen-bond donors (Lipinski definition) is 0. The van der Waals surface area contributed by atoms with Crippen molar-refractivity contribution in [2.24, 2.45) is 0 Å². The number of aromatic nitrogens is 3. The van der Waals surface area contributed by atoms with Crippen molar-refractivity contribution in [3.63, 3.8) is 0 Å². The number of benzene rings is 1. The number of ether oxygens (including phenoxy) is 5. The topological polar surface area (TPSA) is 93.9 Å². The van der Waals surface area contributed by atoms with Crippen LogP contribution < -0.4 is 0 Å². The van der Waals surface area contributed by atoms with Crippen LogP contribution in [0, 0.1) is 17.5 Å². The molecule has 1 aromatic carbocycles. The maximum absolute atomic E-state index is 13.7. The van der Waals surface area contributed by atoms with Gasteiger partial charge < -0.3 is 23.7 Å². The Morgan fingerprint density at radius 3 is 2.53 bits per heavy atom. The molecule has 0 saturated carbocycles. The molecular formula is C20H22F3N3O6. The monoisotopic (exact) mass is 457 g/mol. The number of carbonyl (C=O) groups excluding carboxylic acids is 1. The van der Waals surface area contributed by atoms with Crippen molar-refractivity contribution < 1.29 is 41.7 Å². The summed E-state index contributed by atoms with van der Waals surface area (Å²) < 4.78 is 70.1. The van der Waals surface area contributed by atoms with Crippen molar-refractivity contribution in [2.45, 2.75) is 50.1 Å². The predicted molar refractivity (Wildman–Crippen MR) is 101 cm³/mol. The molecule has 1 unspecified atom stereocenters. The maximum atomic E-state index is 13.7. The second kappa shape index (κ2) is 8.43. The largest absolute Gasteiger partial charge is 0.467 e. The average Bonchev–Trinajstić information content (AvgIpc) is 3.24. The van der Waals surface area contributed by atoms with Crippen LogP contribution in [0.1, 0.15) is 19.9 Å². The van der Waals surface area contributed by atoms with E-state index in [1.807, 2.05) is 0 Å². The molecule has 2 aromatic rings. The third-order valence-electron chi connectivity index (χ3n) is 5.48. The summed E-state index contributed by atoms with van der Waals surface area (Å²) in [6.45, 7) is 3.59. The number of esters is 1. The second-order valence-electron chi connectivity index (χ2n) is 7.94. The van der Waals surface area contributed by atoms with E-state index in [9.17, 15) is 18.0 Å². The van der Waals surface area contributed by atoms with Crippen molar-refractivity contribution >= 4 is 5.97 Å². The number of methoxy groups -OCH3 is 2. The maximum Gasteiger partial charge on any atom is 0.337 e. The van der Waals surface area contributed by atoms with Crippen LogP contribution in [-0.4, -0.2) is 72.0 Å². The molecule has 2 aliphatic heterocycles. The molecule has 1 aromatic heterocycles. The zero-order valence-corrected chi connectivity index (χ0v) is 17.8. The van der Waals surface area contributed by atoms with Gasteiger partial charge in [0.1, 0.15) is 30.0 Å². The van der Waals surface area contributed by atoms with Crippen LogP contribution in [0.15, 0.2) is 18.3 Å². The normalized spacial score (nSPS) is 29.4. The van der Waals surface area contributed by atoms with E-state index in [1.54, 1.807) is 13.8 Å². The van der Waals surface area contributed by atoms with E-state index in [1.165, 1.54) is 25.1 Å². The van der Waals surface area contributed by atoms with Gasteiger partial charge in [0, 0.05) is 12.7 Å². The van der Waals surface area contributed by atoms with Crippen molar-refractivity contribution in [2.75, 3.05) is 20.8 Å². The van der Waals surface area contributed by atoms with Crippen molar-refractivity contribution in [1.82, 2.24) is 15.0 Å². The van der Waals surface area contributed by atoms with E-state index >= 15 is 0 Å². The summed E-state index contributed by atoms with van der Waals surface area (Å²) in [6, 6.07) is 0.902. The number of hydrogen-bond acceptors (Lipinski definition) is 8. The van der Waals surface area contributed by atoms with Gasteiger partial charge in [-0.1, -0.05) is 5.21 Å². The van der Waals surface area contributed by atoms with Gasteiger partial charge >= 0.3 is 5.97 Å². The summed E-state index contributed by atoms with van der Waals surface area (Å²) in [5, 5.41) is 8.04. The Morgan fingerprint density at radius 2 is 1.91 bits per heavy atom. The van der Waals surface area contributed by atoms with Crippen LogP contribution in [0.2, 0.25) is 0 Å². The van der Waals surface area contributed by atoms with Gasteiger partial charge in [-0.25, -0.2) is 22.6 Å². The van der Waals surface area contributed by atoms with Crippen LogP contribution in [0.5, 0.6) is 0 Å². The molecule has 2 fully saturated rings. The van der Waals surface area contributed by atoms with Gasteiger partial charge in [-0.05, 0) is 26.0 Å². The molecule has 12 heteroatoms. The van der Waals surface area contributed by atoms with Crippen LogP contribution in [0.25, 0.3) is 11.3 Å². The number of fused-ring (bicyclic) bond motifs is 1. The minimum absolute atomic E-state index is 0.0111. The summed E-state index contributed by atoms with van der Waals surface area (Å²) in [6.07, 6.45) is -1.92. The van der Waals surface area contributed by atoms with Crippen molar-refractivity contribution in [3.8, 4) is 11.3 Å². The summed E-state index contributed by atoms with van der Waals surface area (Å²) >= 11 is 0. The molecule has 0 spiro atoms. The van der Waals surface area contributed by atoms with E-state index in [0.717, 1.165) is 12.1 Å². The smallest absolute Gasteiger partial charge is 0.337 e. The first-order valence-corrected chi connectivity index (χ1v) is 9.80. The van der Waals surface area contributed by atoms with Crippen LogP contribution in [0.4, 0.5) is 13.2 Å². The molecule has 4 rings (SSSR count). The fourth-order valence-electron chi connectivity index (χ4n) is 3.98. The van der Waals surface area contributed by atoms with Gasteiger partial charge in [0.2, 0.25) is 0 Å². The Hall–Kier alpha value is -2.54. The Balaban J connectivity index is 1.75. The lowest BCUT2D eigenvalue weighted by Gasteiger charge is -2.50. The first-order chi connectivity index (χ1) is 15.1. The van der Waals surface area contributed by atoms with Gasteiger partial charge in [0.05, 0.1) is 19.9 Å². The van der Waals surface area contributed by atoms with E-state index in [0.29, 0.717) is 0 Å². The second-order valence-corrected chi connectivity index (χ2v) is 7.94. The standard InChI is InChI=1S/C20H22F3N3O6/c1-20(2)30-8-13-16(32-20)15(17(28-3)18(31-13)19(27)29-4)26-7-12(24-25-26)9-5-10(21)14(23)11(22)6-9/h5-7,13,15-18H,8H2,1-4H3/t13-,15?,16+,17-,18-/m1/s1. The van der Waals surface area contributed by atoms with Gasteiger partial charge in [-0.15, -0.1) is 5.10 Å². The van der Waals surface area contributed by atoms with E-state index in [-0.39, 0.29) is 17.9 Å². The number of carbonyl (C=O) groups is 1. The lowest BCUT2D eigenvalue weighted by atomic mass is 9.91. The molecule has 2 aliphatic rings. The Labute approximate surface area is 181 Å². The average molecular weight is 457 g/mol. The predicted octanol–water partition coefficient (Wildman–Crippen LogP) is 2.01. The zero-order chi connectivity index (χ0) is 23.2. The molecule has 2 saturated heterocycles. The van der Waals surface area contributed by atoms with E-state index < -0.39 is 59.7 Å². The molecule has 32 heavy (non-hydrogen) atoms. The lowest BCUT2D eigenvalue weighted by molar-refractivity contribution is -0.347. The van der Waals surface area contributed by atoms with Crippen molar-refractivity contribution in [3.05, 3.63) is 35.8 Å². The molecule has 0 aliphatic carbocycles. The number of halogens is 3. The molecule has 0 radical (unpaired) electrons. The Morgan fingerprint density at radius 1 is 1.22 bits per heavy atom. The number of nitrogens with zero attached hydrogens (tertiary/aromatic N) is 3. The van der Waals surface area contributed by atoms with Gasteiger partial charge in [-0.2, -0.15) is 0 Å². The minimum Gasteiger partial charge on any atom is -0.467 e. The molecule has 5 atom stereocenters. The van der Waals surface area contributed by atoms with Gasteiger partial charge in [-0.3, -0.25) is 0 Å². The van der Waals surface area contributed by atoms with Gasteiger partial charge in [0.25, 0.3) is 0 Å². The molecule has 9 nitrogen and oxygen atoms in total. The summed E-state index contributed by atoms with van der Waals surface area (Å²) in [4.78, 5) is 12.4. The quantitative estimate of drug-likeness (QED) is 0.509. The fourth-order valence-corrected chi connectivity index (χ4v) is 3.98. The third kappa shape index (κ3) is 3.98. The van der Waals surface area contributed by atoms with E-state index in [4.69, 9.17) is 23.7 Å². The van der Waals surface area contributed by atoms with Crippen LogP contribution in [0.3, 0.4) is 0 Å². The third-order valence-corrected chi connectivity index (χ3v) is 5.48. The number of rotatable bonds is 4. The van der Waals surface area contributed by atoms with Gasteiger partial charge in [0.15, 0.2) is 29.3 Å². The lowest BCUT2D eigenvalue weighted by Crippen LogP contribution is -2.64. The fraction of sp³-hybridized carbons (Fsp3) is 0.550. The SMILES string of the molecule is COC(=O)[C@@H]1O[C@@H]2COC(C)(C)O[C@@H]2C(n2cc(-c3cc(F)c(F)c(F)c3)nn2)[C@H]1OC. The Bertz CT molecular complexity index is 993. The highest BCUT2D eigenvalue weighted by molar-refractivity contribution is 5.75. The minimum atomic E-state index is -1.58. The molecule has 3 heterocycles. The van der Waals surface area contributed by atoms with Crippen LogP contribution >= 0.6 is 0 Å². The highest BCUT2D eigenvalue weighted by atomic mass is 19.2. The summed E-state index contributed by atoms with van der Waals surface area (Å²) in [7, 11) is 2.62. The zero-order valence-electron chi connectivity index (χ0n) is 17.8. The molecule has 174 valence electrons. The van der Waals surface area contributed by atoms with Crippen molar-refractivity contribution in [1.29, 1.82) is 0 Å². The Kier molecular flexibility index (Phi) is 5.96. The molecule has 0 bridgehead atoms. The van der Waals surface area contributed by atoms with Crippen LogP contribution in [-0.2, 0) is 28.5 Å². The molecular weight excluding hydrogens is 435 g/mol. The van der Waals surface area contributed by atoms with E-state index in [2.05, 4.69) is 10.3 Å². The first kappa shape index (κ1) is 22.6. The molecule has 0 N–H and O–H groups in total. The first-order valence-electron chi connectivity index (χ1n) is 9.80. The summed E-state index contributed by atoms with van der Waals surface area (Å²) in [5.41, 5.74) is 0.0737.